The van der Waals surface area contributed by atoms with Crippen molar-refractivity contribution in [1.82, 2.24) is 10.2 Å². The van der Waals surface area contributed by atoms with Gasteiger partial charge in [-0.25, -0.2) is 0 Å². The van der Waals surface area contributed by atoms with Gasteiger partial charge < -0.3 is 10.2 Å². The summed E-state index contributed by atoms with van der Waals surface area (Å²) < 4.78 is 0. The molecule has 1 aliphatic heterocycles. The molecule has 1 rings (SSSR count). The maximum absolute atomic E-state index is 12.8. The average molecular weight is 282 g/mol. The van der Waals surface area contributed by atoms with Crippen molar-refractivity contribution in [3.63, 3.8) is 0 Å². The number of nitrogens with one attached hydrogen (secondary N) is 1. The van der Waals surface area contributed by atoms with Crippen LogP contribution in [0.2, 0.25) is 0 Å². The van der Waals surface area contributed by atoms with Gasteiger partial charge in [0.1, 0.15) is 11.6 Å². The Balaban J connectivity index is 3.01. The average Bonchev–Trinajstić information content (AvgIpc) is 2.42. The van der Waals surface area contributed by atoms with Crippen LogP contribution in [0.15, 0.2) is 0 Å². The summed E-state index contributed by atoms with van der Waals surface area (Å²) in [7, 11) is 0. The van der Waals surface area contributed by atoms with Crippen LogP contribution >= 0.6 is 0 Å². The number of carbonyl (C=O) groups excluding carboxylic acids is 2. The SMILES string of the molecule is CCC(CC)CN1C(=O)C(C(C)CC)NC(=O)C1(C)C. The normalized spacial score (nSPS) is 23.9. The Morgan fingerprint density at radius 1 is 1.15 bits per heavy atom. The quantitative estimate of drug-likeness (QED) is 0.814. The van der Waals surface area contributed by atoms with Crippen LogP contribution in [0, 0.1) is 11.8 Å². The minimum Gasteiger partial charge on any atom is -0.342 e. The Morgan fingerprint density at radius 2 is 1.70 bits per heavy atom. The number of rotatable bonds is 6. The lowest BCUT2D eigenvalue weighted by molar-refractivity contribution is -0.157. The van der Waals surface area contributed by atoms with Crippen molar-refractivity contribution in [3.05, 3.63) is 0 Å². The van der Waals surface area contributed by atoms with Crippen molar-refractivity contribution >= 4 is 11.8 Å². The van der Waals surface area contributed by atoms with E-state index in [1.807, 2.05) is 20.8 Å². The van der Waals surface area contributed by atoms with Crippen LogP contribution in [0.4, 0.5) is 0 Å². The molecule has 1 aliphatic rings. The van der Waals surface area contributed by atoms with E-state index in [1.165, 1.54) is 0 Å². The summed E-state index contributed by atoms with van der Waals surface area (Å²) in [5, 5.41) is 2.92. The monoisotopic (exact) mass is 282 g/mol. The molecule has 1 saturated heterocycles. The van der Waals surface area contributed by atoms with Gasteiger partial charge in [-0.05, 0) is 25.7 Å². The molecule has 0 aromatic rings. The van der Waals surface area contributed by atoms with Crippen LogP contribution in [0.5, 0.6) is 0 Å². The van der Waals surface area contributed by atoms with Gasteiger partial charge in [-0.1, -0.05) is 47.0 Å². The summed E-state index contributed by atoms with van der Waals surface area (Å²) in [5.41, 5.74) is -0.746. The molecule has 0 bridgehead atoms. The fraction of sp³-hybridized carbons (Fsp3) is 0.875. The molecule has 2 amide bonds. The molecule has 116 valence electrons. The molecular weight excluding hydrogens is 252 g/mol. The molecule has 2 unspecified atom stereocenters. The van der Waals surface area contributed by atoms with Gasteiger partial charge >= 0.3 is 0 Å². The summed E-state index contributed by atoms with van der Waals surface area (Å²) in [4.78, 5) is 26.9. The number of nitrogens with zero attached hydrogens (tertiary/aromatic N) is 1. The molecule has 1 heterocycles. The van der Waals surface area contributed by atoms with E-state index >= 15 is 0 Å². The van der Waals surface area contributed by atoms with Crippen LogP contribution in [0.3, 0.4) is 0 Å². The number of hydrogen-bond acceptors (Lipinski definition) is 2. The minimum absolute atomic E-state index is 0.0339. The third-order valence-corrected chi connectivity index (χ3v) is 4.86. The van der Waals surface area contributed by atoms with Crippen molar-refractivity contribution in [3.8, 4) is 0 Å². The molecule has 4 heteroatoms. The third-order valence-electron chi connectivity index (χ3n) is 4.86. The highest BCUT2D eigenvalue weighted by Gasteiger charge is 2.47. The lowest BCUT2D eigenvalue weighted by Crippen LogP contribution is -2.70. The Hall–Kier alpha value is -1.06. The van der Waals surface area contributed by atoms with E-state index in [0.29, 0.717) is 12.5 Å². The highest BCUT2D eigenvalue weighted by Crippen LogP contribution is 2.27. The minimum atomic E-state index is -0.746. The number of hydrogen-bond donors (Lipinski definition) is 1. The largest absolute Gasteiger partial charge is 0.342 e. The first kappa shape index (κ1) is 17.0. The van der Waals surface area contributed by atoms with Crippen molar-refractivity contribution in [2.75, 3.05) is 6.54 Å². The van der Waals surface area contributed by atoms with Crippen LogP contribution in [-0.4, -0.2) is 34.8 Å². The summed E-state index contributed by atoms with van der Waals surface area (Å²) in [6.45, 7) is 12.7. The molecule has 2 atom stereocenters. The van der Waals surface area contributed by atoms with Crippen LogP contribution in [0.1, 0.15) is 60.8 Å². The third kappa shape index (κ3) is 3.15. The molecule has 0 saturated carbocycles. The zero-order valence-corrected chi connectivity index (χ0v) is 13.8. The van der Waals surface area contributed by atoms with E-state index in [4.69, 9.17) is 0 Å². The van der Waals surface area contributed by atoms with E-state index in [1.54, 1.807) is 4.90 Å². The predicted molar refractivity (Wildman–Crippen MR) is 81.2 cm³/mol. The first-order valence-corrected chi connectivity index (χ1v) is 7.91. The topological polar surface area (TPSA) is 49.4 Å². The Kier molecular flexibility index (Phi) is 5.60. The molecule has 0 radical (unpaired) electrons. The zero-order chi connectivity index (χ0) is 15.5. The summed E-state index contributed by atoms with van der Waals surface area (Å²) in [6.07, 6.45) is 2.95. The van der Waals surface area contributed by atoms with Crippen molar-refractivity contribution in [1.29, 1.82) is 0 Å². The van der Waals surface area contributed by atoms with Gasteiger partial charge in [-0.2, -0.15) is 0 Å². The second kappa shape index (κ2) is 6.59. The van der Waals surface area contributed by atoms with Crippen molar-refractivity contribution < 1.29 is 9.59 Å². The molecule has 1 fully saturated rings. The van der Waals surface area contributed by atoms with Gasteiger partial charge in [-0.3, -0.25) is 9.59 Å². The predicted octanol–water partition coefficient (Wildman–Crippen LogP) is 2.57. The first-order valence-electron chi connectivity index (χ1n) is 7.91. The van der Waals surface area contributed by atoms with Gasteiger partial charge in [-0.15, -0.1) is 0 Å². The number of piperazine rings is 1. The number of carbonyl (C=O) groups is 2. The summed E-state index contributed by atoms with van der Waals surface area (Å²) in [6, 6.07) is -0.366. The Morgan fingerprint density at radius 3 is 2.15 bits per heavy atom. The number of amides is 2. The van der Waals surface area contributed by atoms with Crippen molar-refractivity contribution in [2.24, 2.45) is 11.8 Å². The molecule has 1 N–H and O–H groups in total. The van der Waals surface area contributed by atoms with E-state index in [9.17, 15) is 9.59 Å². The first-order chi connectivity index (χ1) is 9.29. The fourth-order valence-corrected chi connectivity index (χ4v) is 2.69. The smallest absolute Gasteiger partial charge is 0.246 e. The van der Waals surface area contributed by atoms with Crippen molar-refractivity contribution in [2.45, 2.75) is 72.4 Å². The standard InChI is InChI=1S/C16H30N2O2/c1-7-11(4)13-14(19)18(10-12(8-2)9-3)16(5,6)15(20)17-13/h11-13H,7-10H2,1-6H3,(H,17,20). The van der Waals surface area contributed by atoms with Crippen LogP contribution in [-0.2, 0) is 9.59 Å². The molecule has 4 nitrogen and oxygen atoms in total. The molecule has 20 heavy (non-hydrogen) atoms. The Labute approximate surface area is 123 Å². The van der Waals surface area contributed by atoms with Gasteiger partial charge in [0.05, 0.1) is 0 Å². The Bertz CT molecular complexity index is 361. The summed E-state index contributed by atoms with van der Waals surface area (Å²) in [5.74, 6) is 0.678. The molecule has 0 aliphatic carbocycles. The van der Waals surface area contributed by atoms with E-state index in [0.717, 1.165) is 19.3 Å². The zero-order valence-electron chi connectivity index (χ0n) is 13.8. The van der Waals surface area contributed by atoms with E-state index in [-0.39, 0.29) is 23.8 Å². The van der Waals surface area contributed by atoms with E-state index in [2.05, 4.69) is 26.1 Å². The van der Waals surface area contributed by atoms with Gasteiger partial charge in [0.15, 0.2) is 0 Å². The van der Waals surface area contributed by atoms with Gasteiger partial charge in [0.25, 0.3) is 0 Å². The lowest BCUT2D eigenvalue weighted by atomic mass is 9.88. The summed E-state index contributed by atoms with van der Waals surface area (Å²) >= 11 is 0. The maximum Gasteiger partial charge on any atom is 0.246 e. The van der Waals surface area contributed by atoms with Crippen LogP contribution in [0.25, 0.3) is 0 Å². The highest BCUT2D eigenvalue weighted by molar-refractivity contribution is 5.99. The fourth-order valence-electron chi connectivity index (χ4n) is 2.69. The molecular formula is C16H30N2O2. The second-order valence-electron chi connectivity index (χ2n) is 6.53. The molecule has 0 aromatic heterocycles. The van der Waals surface area contributed by atoms with Gasteiger partial charge in [0.2, 0.25) is 11.8 Å². The second-order valence-corrected chi connectivity index (χ2v) is 6.53. The molecule has 0 aromatic carbocycles. The highest BCUT2D eigenvalue weighted by atomic mass is 16.2. The van der Waals surface area contributed by atoms with E-state index < -0.39 is 5.54 Å². The molecule has 0 spiro atoms. The lowest BCUT2D eigenvalue weighted by Gasteiger charge is -2.46. The van der Waals surface area contributed by atoms with Gasteiger partial charge in [0, 0.05) is 6.54 Å². The van der Waals surface area contributed by atoms with Crippen LogP contribution < -0.4 is 5.32 Å². The maximum atomic E-state index is 12.8.